The summed E-state index contributed by atoms with van der Waals surface area (Å²) >= 11 is 3.16. The first-order valence-corrected chi connectivity index (χ1v) is 6.77. The van der Waals surface area contributed by atoms with Gasteiger partial charge in [0.2, 0.25) is 0 Å². The molecule has 0 bridgehead atoms. The third-order valence-corrected chi connectivity index (χ3v) is 2.99. The SMILES string of the molecule is O=C(COc1ccccc1)Oc1ccc(Br)cc1C(=O)O. The zero-order chi connectivity index (χ0) is 15.2. The third-order valence-electron chi connectivity index (χ3n) is 2.50. The van der Waals surface area contributed by atoms with Crippen molar-refractivity contribution in [3.05, 3.63) is 58.6 Å². The van der Waals surface area contributed by atoms with Crippen LogP contribution in [0.1, 0.15) is 10.4 Å². The smallest absolute Gasteiger partial charge is 0.349 e. The molecule has 21 heavy (non-hydrogen) atoms. The Balaban J connectivity index is 2.01. The highest BCUT2D eigenvalue weighted by molar-refractivity contribution is 9.10. The van der Waals surface area contributed by atoms with Crippen LogP contribution in [-0.2, 0) is 4.79 Å². The van der Waals surface area contributed by atoms with Gasteiger partial charge in [0.05, 0.1) is 0 Å². The number of para-hydroxylation sites is 1. The van der Waals surface area contributed by atoms with Crippen LogP contribution in [0, 0.1) is 0 Å². The van der Waals surface area contributed by atoms with Crippen LogP contribution in [0.3, 0.4) is 0 Å². The molecule has 0 aromatic heterocycles. The topological polar surface area (TPSA) is 72.8 Å². The molecule has 0 saturated carbocycles. The summed E-state index contributed by atoms with van der Waals surface area (Å²) in [5.74, 6) is -1.34. The van der Waals surface area contributed by atoms with E-state index in [0.717, 1.165) is 0 Å². The molecule has 0 spiro atoms. The Labute approximate surface area is 129 Å². The number of carboxylic acid groups (broad SMARTS) is 1. The molecule has 1 N–H and O–H groups in total. The van der Waals surface area contributed by atoms with E-state index >= 15 is 0 Å². The van der Waals surface area contributed by atoms with Gasteiger partial charge in [0.25, 0.3) is 0 Å². The second-order valence-electron chi connectivity index (χ2n) is 4.02. The van der Waals surface area contributed by atoms with E-state index in [1.54, 1.807) is 30.3 Å². The number of carbonyl (C=O) groups is 2. The zero-order valence-electron chi connectivity index (χ0n) is 10.8. The quantitative estimate of drug-likeness (QED) is 0.662. The summed E-state index contributed by atoms with van der Waals surface area (Å²) in [5, 5.41) is 9.07. The first-order valence-electron chi connectivity index (χ1n) is 5.97. The molecule has 2 rings (SSSR count). The van der Waals surface area contributed by atoms with Crippen molar-refractivity contribution in [2.75, 3.05) is 6.61 Å². The van der Waals surface area contributed by atoms with E-state index in [2.05, 4.69) is 15.9 Å². The molecular weight excluding hydrogens is 340 g/mol. The van der Waals surface area contributed by atoms with Crippen LogP contribution in [-0.4, -0.2) is 23.7 Å². The molecule has 0 unspecified atom stereocenters. The number of carbonyl (C=O) groups excluding carboxylic acids is 1. The molecule has 0 amide bonds. The fourth-order valence-electron chi connectivity index (χ4n) is 1.57. The van der Waals surface area contributed by atoms with Gasteiger partial charge in [0, 0.05) is 4.47 Å². The molecule has 0 saturated heterocycles. The normalized spacial score (nSPS) is 9.95. The summed E-state index contributed by atoms with van der Waals surface area (Å²) in [6.07, 6.45) is 0. The molecule has 0 aliphatic heterocycles. The molecule has 0 aliphatic rings. The summed E-state index contributed by atoms with van der Waals surface area (Å²) in [7, 11) is 0. The number of benzene rings is 2. The Morgan fingerprint density at radius 2 is 1.81 bits per heavy atom. The lowest BCUT2D eigenvalue weighted by molar-refractivity contribution is -0.136. The molecule has 2 aromatic rings. The average Bonchev–Trinajstić information content (AvgIpc) is 2.48. The lowest BCUT2D eigenvalue weighted by Crippen LogP contribution is -2.19. The Morgan fingerprint density at radius 3 is 2.48 bits per heavy atom. The molecule has 0 atom stereocenters. The molecule has 108 valence electrons. The molecule has 2 aromatic carbocycles. The summed E-state index contributed by atoms with van der Waals surface area (Å²) in [5.41, 5.74) is -0.0996. The van der Waals surface area contributed by atoms with Crippen molar-refractivity contribution in [3.63, 3.8) is 0 Å². The predicted octanol–water partition coefficient (Wildman–Crippen LogP) is 3.13. The van der Waals surface area contributed by atoms with Crippen molar-refractivity contribution in [2.45, 2.75) is 0 Å². The minimum atomic E-state index is -1.18. The van der Waals surface area contributed by atoms with Crippen molar-refractivity contribution in [1.82, 2.24) is 0 Å². The van der Waals surface area contributed by atoms with Crippen LogP contribution in [0.5, 0.6) is 11.5 Å². The number of carboxylic acids is 1. The van der Waals surface area contributed by atoms with Crippen molar-refractivity contribution < 1.29 is 24.2 Å². The molecule has 6 heteroatoms. The molecule has 0 aliphatic carbocycles. The summed E-state index contributed by atoms with van der Waals surface area (Å²) in [6, 6.07) is 13.2. The van der Waals surface area contributed by atoms with E-state index in [9.17, 15) is 9.59 Å². The maximum atomic E-state index is 11.7. The van der Waals surface area contributed by atoms with Crippen molar-refractivity contribution >= 4 is 27.9 Å². The maximum Gasteiger partial charge on any atom is 0.349 e. The molecule has 0 radical (unpaired) electrons. The van der Waals surface area contributed by atoms with Crippen LogP contribution in [0.4, 0.5) is 0 Å². The number of halogens is 1. The minimum absolute atomic E-state index is 0.0210. The Bertz CT molecular complexity index is 654. The summed E-state index contributed by atoms with van der Waals surface area (Å²) in [6.45, 7) is -0.306. The number of ether oxygens (including phenoxy) is 2. The third kappa shape index (κ3) is 4.32. The van der Waals surface area contributed by atoms with E-state index < -0.39 is 11.9 Å². The summed E-state index contributed by atoms with van der Waals surface area (Å²) in [4.78, 5) is 22.8. The molecular formula is C15H11BrO5. The van der Waals surface area contributed by atoms with Crippen LogP contribution < -0.4 is 9.47 Å². The van der Waals surface area contributed by atoms with Gasteiger partial charge >= 0.3 is 11.9 Å². The van der Waals surface area contributed by atoms with Crippen molar-refractivity contribution in [3.8, 4) is 11.5 Å². The van der Waals surface area contributed by atoms with Gasteiger partial charge in [-0.1, -0.05) is 34.1 Å². The highest BCUT2D eigenvalue weighted by atomic mass is 79.9. The average molecular weight is 351 g/mol. The second kappa shape index (κ2) is 6.90. The van der Waals surface area contributed by atoms with E-state index in [-0.39, 0.29) is 17.9 Å². The fraction of sp³-hybridized carbons (Fsp3) is 0.0667. The standard InChI is InChI=1S/C15H11BrO5/c16-10-6-7-13(12(8-10)15(18)19)21-14(17)9-20-11-4-2-1-3-5-11/h1-8H,9H2,(H,18,19). The Kier molecular flexibility index (Phi) is 4.94. The lowest BCUT2D eigenvalue weighted by Gasteiger charge is -2.09. The number of aromatic carboxylic acids is 1. The largest absolute Gasteiger partial charge is 0.482 e. The van der Waals surface area contributed by atoms with E-state index in [1.165, 1.54) is 12.1 Å². The highest BCUT2D eigenvalue weighted by Gasteiger charge is 2.15. The highest BCUT2D eigenvalue weighted by Crippen LogP contribution is 2.23. The van der Waals surface area contributed by atoms with Gasteiger partial charge in [0.15, 0.2) is 6.61 Å². The number of esters is 1. The number of hydrogen-bond donors (Lipinski definition) is 1. The van der Waals surface area contributed by atoms with Gasteiger partial charge in [-0.3, -0.25) is 0 Å². The van der Waals surface area contributed by atoms with Gasteiger partial charge in [0.1, 0.15) is 17.1 Å². The van der Waals surface area contributed by atoms with Crippen LogP contribution in [0.2, 0.25) is 0 Å². The zero-order valence-corrected chi connectivity index (χ0v) is 12.4. The van der Waals surface area contributed by atoms with Crippen molar-refractivity contribution in [1.29, 1.82) is 0 Å². The molecule has 0 fully saturated rings. The lowest BCUT2D eigenvalue weighted by atomic mass is 10.2. The summed E-state index contributed by atoms with van der Waals surface area (Å²) < 4.78 is 10.8. The van der Waals surface area contributed by atoms with Gasteiger partial charge in [-0.15, -0.1) is 0 Å². The van der Waals surface area contributed by atoms with E-state index in [0.29, 0.717) is 10.2 Å². The Morgan fingerprint density at radius 1 is 1.10 bits per heavy atom. The maximum absolute atomic E-state index is 11.7. The van der Waals surface area contributed by atoms with Crippen LogP contribution in [0.15, 0.2) is 53.0 Å². The number of rotatable bonds is 5. The van der Waals surface area contributed by atoms with E-state index in [1.807, 2.05) is 6.07 Å². The van der Waals surface area contributed by atoms with Crippen molar-refractivity contribution in [2.24, 2.45) is 0 Å². The minimum Gasteiger partial charge on any atom is -0.482 e. The Hall–Kier alpha value is -2.34. The van der Waals surface area contributed by atoms with E-state index in [4.69, 9.17) is 14.6 Å². The van der Waals surface area contributed by atoms with Gasteiger partial charge in [-0.25, -0.2) is 9.59 Å². The second-order valence-corrected chi connectivity index (χ2v) is 4.94. The van der Waals surface area contributed by atoms with Crippen LogP contribution >= 0.6 is 15.9 Å². The van der Waals surface area contributed by atoms with Crippen LogP contribution in [0.25, 0.3) is 0 Å². The monoisotopic (exact) mass is 350 g/mol. The van der Waals surface area contributed by atoms with Gasteiger partial charge < -0.3 is 14.6 Å². The predicted molar refractivity (Wildman–Crippen MR) is 78.7 cm³/mol. The molecule has 5 nitrogen and oxygen atoms in total. The fourth-order valence-corrected chi connectivity index (χ4v) is 1.93. The van der Waals surface area contributed by atoms with Gasteiger partial charge in [-0.2, -0.15) is 0 Å². The first kappa shape index (κ1) is 15.1. The molecule has 0 heterocycles. The van der Waals surface area contributed by atoms with Gasteiger partial charge in [-0.05, 0) is 30.3 Å². The number of hydrogen-bond acceptors (Lipinski definition) is 4. The first-order chi connectivity index (χ1) is 10.1.